The highest BCUT2D eigenvalue weighted by molar-refractivity contribution is 5.49. The molecule has 1 aromatic heterocycles. The highest BCUT2D eigenvalue weighted by atomic mass is 16.6. The van der Waals surface area contributed by atoms with Gasteiger partial charge < -0.3 is 20.3 Å². The van der Waals surface area contributed by atoms with Crippen LogP contribution in [0, 0.1) is 0 Å². The van der Waals surface area contributed by atoms with Crippen molar-refractivity contribution in [1.29, 1.82) is 0 Å². The van der Waals surface area contributed by atoms with Crippen LogP contribution in [0.15, 0.2) is 42.7 Å². The van der Waals surface area contributed by atoms with E-state index in [0.29, 0.717) is 36.8 Å². The zero-order chi connectivity index (χ0) is 14.7. The normalized spacial score (nSPS) is 16.3. The van der Waals surface area contributed by atoms with Crippen LogP contribution in [0.25, 0.3) is 0 Å². The van der Waals surface area contributed by atoms with Gasteiger partial charge in [0.1, 0.15) is 13.2 Å². The number of benzene rings is 1. The molecule has 0 radical (unpaired) electrons. The fraction of sp³-hybridized carbons (Fsp3) is 0.312. The lowest BCUT2D eigenvalue weighted by molar-refractivity contribution is 0.129. The number of nitrogens with zero attached hydrogens (tertiary/aromatic N) is 1. The van der Waals surface area contributed by atoms with Crippen molar-refractivity contribution in [1.82, 2.24) is 4.98 Å². The molecule has 1 aliphatic rings. The van der Waals surface area contributed by atoms with Crippen LogP contribution in [0.5, 0.6) is 11.5 Å². The standard InChI is InChI=1S/C16H18N2O3/c17-10-13(11-4-6-18-7-5-11)15(19)12-2-1-3-14-16(12)21-9-8-20-14/h1-7,13,15,19H,8-10,17H2. The van der Waals surface area contributed by atoms with Crippen LogP contribution in [0.3, 0.4) is 0 Å². The van der Waals surface area contributed by atoms with Crippen molar-refractivity contribution in [3.8, 4) is 11.5 Å². The molecular formula is C16H18N2O3. The maximum atomic E-state index is 10.8. The summed E-state index contributed by atoms with van der Waals surface area (Å²) in [6, 6.07) is 9.28. The average Bonchev–Trinajstić information content (AvgIpc) is 2.56. The molecule has 0 amide bonds. The predicted molar refractivity (Wildman–Crippen MR) is 78.4 cm³/mol. The molecule has 0 aliphatic carbocycles. The van der Waals surface area contributed by atoms with Gasteiger partial charge in [-0.25, -0.2) is 0 Å². The monoisotopic (exact) mass is 286 g/mol. The fourth-order valence-electron chi connectivity index (χ4n) is 2.60. The molecule has 3 N–H and O–H groups in total. The molecule has 2 unspecified atom stereocenters. The van der Waals surface area contributed by atoms with E-state index < -0.39 is 6.10 Å². The number of hydrogen-bond donors (Lipinski definition) is 2. The molecule has 0 spiro atoms. The summed E-state index contributed by atoms with van der Waals surface area (Å²) < 4.78 is 11.2. The first-order valence-corrected chi connectivity index (χ1v) is 6.98. The Morgan fingerprint density at radius 3 is 2.67 bits per heavy atom. The minimum Gasteiger partial charge on any atom is -0.486 e. The second kappa shape index (κ2) is 6.11. The van der Waals surface area contributed by atoms with Crippen molar-refractivity contribution in [2.24, 2.45) is 5.73 Å². The summed E-state index contributed by atoms with van der Waals surface area (Å²) in [7, 11) is 0. The van der Waals surface area contributed by atoms with Crippen molar-refractivity contribution in [3.05, 3.63) is 53.9 Å². The number of fused-ring (bicyclic) bond motifs is 1. The smallest absolute Gasteiger partial charge is 0.167 e. The Bertz CT molecular complexity index is 604. The summed E-state index contributed by atoms with van der Waals surface area (Å²) in [4.78, 5) is 4.00. The number of nitrogens with two attached hydrogens (primary N) is 1. The summed E-state index contributed by atoms with van der Waals surface area (Å²) in [6.45, 7) is 1.34. The third kappa shape index (κ3) is 2.70. The minimum absolute atomic E-state index is 0.218. The molecular weight excluding hydrogens is 268 g/mol. The molecule has 1 aromatic carbocycles. The van der Waals surface area contributed by atoms with Crippen molar-refractivity contribution >= 4 is 0 Å². The number of rotatable bonds is 4. The zero-order valence-electron chi connectivity index (χ0n) is 11.6. The first kappa shape index (κ1) is 13.9. The van der Waals surface area contributed by atoms with E-state index in [1.165, 1.54) is 0 Å². The van der Waals surface area contributed by atoms with Crippen LogP contribution in [0.1, 0.15) is 23.1 Å². The summed E-state index contributed by atoms with van der Waals surface area (Å²) >= 11 is 0. The number of pyridine rings is 1. The Morgan fingerprint density at radius 2 is 1.90 bits per heavy atom. The van der Waals surface area contributed by atoms with Gasteiger partial charge in [-0.05, 0) is 23.8 Å². The molecule has 3 rings (SSSR count). The Balaban J connectivity index is 1.96. The molecule has 2 atom stereocenters. The van der Waals surface area contributed by atoms with Crippen molar-refractivity contribution in [2.45, 2.75) is 12.0 Å². The Labute approximate surface area is 123 Å². The van der Waals surface area contributed by atoms with Gasteiger partial charge in [-0.1, -0.05) is 12.1 Å². The fourth-order valence-corrected chi connectivity index (χ4v) is 2.60. The molecule has 110 valence electrons. The lowest BCUT2D eigenvalue weighted by atomic mass is 9.89. The van der Waals surface area contributed by atoms with Gasteiger partial charge in [0.05, 0.1) is 6.10 Å². The van der Waals surface area contributed by atoms with Crippen LogP contribution < -0.4 is 15.2 Å². The van der Waals surface area contributed by atoms with Gasteiger partial charge >= 0.3 is 0 Å². The van der Waals surface area contributed by atoms with E-state index >= 15 is 0 Å². The third-order valence-corrected chi connectivity index (χ3v) is 3.68. The number of aliphatic hydroxyl groups is 1. The van der Waals surface area contributed by atoms with Crippen molar-refractivity contribution < 1.29 is 14.6 Å². The van der Waals surface area contributed by atoms with E-state index in [4.69, 9.17) is 15.2 Å². The summed E-state index contributed by atoms with van der Waals surface area (Å²) in [5, 5.41) is 10.8. The summed E-state index contributed by atoms with van der Waals surface area (Å²) in [6.07, 6.45) is 2.64. The third-order valence-electron chi connectivity index (χ3n) is 3.68. The molecule has 2 heterocycles. The number of ether oxygens (including phenoxy) is 2. The second-order valence-electron chi connectivity index (χ2n) is 4.94. The minimum atomic E-state index is -0.756. The number of aliphatic hydroxyl groups excluding tert-OH is 1. The molecule has 1 aliphatic heterocycles. The molecule has 0 saturated carbocycles. The predicted octanol–water partition coefficient (Wildman–Crippen LogP) is 1.63. The van der Waals surface area contributed by atoms with E-state index in [1.807, 2.05) is 30.3 Å². The first-order valence-electron chi connectivity index (χ1n) is 6.98. The van der Waals surface area contributed by atoms with E-state index in [1.54, 1.807) is 12.4 Å². The lowest BCUT2D eigenvalue weighted by Crippen LogP contribution is -2.22. The maximum Gasteiger partial charge on any atom is 0.167 e. The summed E-state index contributed by atoms with van der Waals surface area (Å²) in [5.74, 6) is 1.07. The van der Waals surface area contributed by atoms with Gasteiger partial charge in [-0.3, -0.25) is 4.98 Å². The zero-order valence-corrected chi connectivity index (χ0v) is 11.6. The van der Waals surface area contributed by atoms with Gasteiger partial charge in [-0.2, -0.15) is 0 Å². The molecule has 0 fully saturated rings. The van der Waals surface area contributed by atoms with Gasteiger partial charge in [0.15, 0.2) is 11.5 Å². The van der Waals surface area contributed by atoms with Gasteiger partial charge in [0.25, 0.3) is 0 Å². The van der Waals surface area contributed by atoms with Crippen molar-refractivity contribution in [3.63, 3.8) is 0 Å². The van der Waals surface area contributed by atoms with Crippen LogP contribution in [-0.2, 0) is 0 Å². The van der Waals surface area contributed by atoms with Gasteiger partial charge in [-0.15, -0.1) is 0 Å². The second-order valence-corrected chi connectivity index (χ2v) is 4.94. The van der Waals surface area contributed by atoms with E-state index in [2.05, 4.69) is 4.98 Å². The summed E-state index contributed by atoms with van der Waals surface area (Å²) in [5.41, 5.74) is 7.53. The van der Waals surface area contributed by atoms with E-state index in [9.17, 15) is 5.11 Å². The SMILES string of the molecule is NCC(c1ccncc1)C(O)c1cccc2c1OCCO2. The Hall–Kier alpha value is -2.11. The van der Waals surface area contributed by atoms with E-state index in [-0.39, 0.29) is 5.92 Å². The molecule has 0 saturated heterocycles. The highest BCUT2D eigenvalue weighted by Gasteiger charge is 2.27. The van der Waals surface area contributed by atoms with Crippen LogP contribution in [-0.4, -0.2) is 29.8 Å². The average molecular weight is 286 g/mol. The van der Waals surface area contributed by atoms with Crippen LogP contribution in [0.4, 0.5) is 0 Å². The Morgan fingerprint density at radius 1 is 1.14 bits per heavy atom. The van der Waals surface area contributed by atoms with E-state index in [0.717, 1.165) is 5.56 Å². The largest absolute Gasteiger partial charge is 0.486 e. The number of para-hydroxylation sites is 1. The van der Waals surface area contributed by atoms with Crippen LogP contribution in [0.2, 0.25) is 0 Å². The number of aromatic nitrogens is 1. The van der Waals surface area contributed by atoms with Crippen LogP contribution >= 0.6 is 0 Å². The highest BCUT2D eigenvalue weighted by Crippen LogP contribution is 2.41. The molecule has 0 bridgehead atoms. The maximum absolute atomic E-state index is 10.8. The topological polar surface area (TPSA) is 77.6 Å². The lowest BCUT2D eigenvalue weighted by Gasteiger charge is -2.27. The quantitative estimate of drug-likeness (QED) is 0.893. The van der Waals surface area contributed by atoms with Gasteiger partial charge in [0.2, 0.25) is 0 Å². The molecule has 2 aromatic rings. The van der Waals surface area contributed by atoms with Crippen molar-refractivity contribution in [2.75, 3.05) is 19.8 Å². The Kier molecular flexibility index (Phi) is 4.03. The molecule has 5 nitrogen and oxygen atoms in total. The van der Waals surface area contributed by atoms with Gasteiger partial charge in [0, 0.05) is 30.4 Å². The molecule has 5 heteroatoms. The number of hydrogen-bond acceptors (Lipinski definition) is 5. The first-order chi connectivity index (χ1) is 10.3. The molecule has 21 heavy (non-hydrogen) atoms.